The largest absolute Gasteiger partial charge is 0.325 e. The quantitative estimate of drug-likeness (QED) is 0.496. The van der Waals surface area contributed by atoms with Crippen LogP contribution in [-0.4, -0.2) is 27.5 Å². The number of amides is 2. The topological polar surface area (TPSA) is 131 Å². The molecule has 25 heavy (non-hydrogen) atoms. The molecule has 126 valence electrons. The summed E-state index contributed by atoms with van der Waals surface area (Å²) in [5.41, 5.74) is 0.227. The molecule has 0 aliphatic carbocycles. The Bertz CT molecular complexity index is 910. The van der Waals surface area contributed by atoms with Crippen molar-refractivity contribution < 1.29 is 19.3 Å². The summed E-state index contributed by atoms with van der Waals surface area (Å²) in [6, 6.07) is 5.49. The molecule has 0 radical (unpaired) electrons. The molecule has 2 N–H and O–H groups in total. The van der Waals surface area contributed by atoms with Gasteiger partial charge in [0, 0.05) is 29.7 Å². The summed E-state index contributed by atoms with van der Waals surface area (Å²) in [6.07, 6.45) is 2.81. The van der Waals surface area contributed by atoms with Crippen molar-refractivity contribution in [1.29, 1.82) is 0 Å². The van der Waals surface area contributed by atoms with Gasteiger partial charge in [0.15, 0.2) is 0 Å². The lowest BCUT2D eigenvalue weighted by Crippen LogP contribution is -2.18. The Kier molecular flexibility index (Phi) is 3.97. The van der Waals surface area contributed by atoms with Gasteiger partial charge in [0.25, 0.3) is 11.6 Å². The Hall–Kier alpha value is -3.62. The Morgan fingerprint density at radius 1 is 1.36 bits per heavy atom. The van der Waals surface area contributed by atoms with E-state index in [-0.39, 0.29) is 22.5 Å². The maximum absolute atomic E-state index is 12.2. The minimum Gasteiger partial charge on any atom is -0.325 e. The first-order chi connectivity index (χ1) is 11.9. The third-order valence-corrected chi connectivity index (χ3v) is 3.77. The van der Waals surface area contributed by atoms with Crippen LogP contribution in [0.2, 0.25) is 0 Å². The van der Waals surface area contributed by atoms with E-state index < -0.39 is 34.1 Å². The second kappa shape index (κ2) is 6.11. The van der Waals surface area contributed by atoms with E-state index in [2.05, 4.69) is 15.6 Å². The van der Waals surface area contributed by atoms with Crippen molar-refractivity contribution in [3.05, 3.63) is 57.9 Å². The number of fused-ring (bicyclic) bond motifs is 1. The van der Waals surface area contributed by atoms with Crippen LogP contribution < -0.4 is 10.6 Å². The number of carbonyl (C=O) groups excluding carboxylic acids is 3. The van der Waals surface area contributed by atoms with Crippen molar-refractivity contribution in [2.45, 2.75) is 12.8 Å². The highest BCUT2D eigenvalue weighted by Crippen LogP contribution is 2.40. The molecule has 1 unspecified atom stereocenters. The molecule has 9 heteroatoms. The lowest BCUT2D eigenvalue weighted by molar-refractivity contribution is -0.384. The smallest absolute Gasteiger partial charge is 0.293 e. The maximum Gasteiger partial charge on any atom is 0.293 e. The molecule has 0 saturated carbocycles. The summed E-state index contributed by atoms with van der Waals surface area (Å²) in [5.74, 6) is -2.63. The molecule has 0 fully saturated rings. The number of nitro groups is 1. The lowest BCUT2D eigenvalue weighted by Gasteiger charge is -2.09. The Balaban J connectivity index is 2.02. The van der Waals surface area contributed by atoms with E-state index in [9.17, 15) is 24.5 Å². The number of nitrogens with one attached hydrogen (secondary N) is 2. The van der Waals surface area contributed by atoms with Gasteiger partial charge in [-0.1, -0.05) is 0 Å². The molecule has 1 aromatic heterocycles. The lowest BCUT2D eigenvalue weighted by atomic mass is 9.96. The average molecular weight is 340 g/mol. The fourth-order valence-electron chi connectivity index (χ4n) is 2.64. The number of aromatic nitrogens is 1. The Morgan fingerprint density at radius 3 is 2.72 bits per heavy atom. The summed E-state index contributed by atoms with van der Waals surface area (Å²) < 4.78 is 0. The van der Waals surface area contributed by atoms with Crippen LogP contribution in [-0.2, 0) is 9.59 Å². The molecular weight excluding hydrogens is 328 g/mol. The van der Waals surface area contributed by atoms with Crippen LogP contribution in [0.4, 0.5) is 17.1 Å². The van der Waals surface area contributed by atoms with Gasteiger partial charge in [0.05, 0.1) is 10.5 Å². The summed E-state index contributed by atoms with van der Waals surface area (Å²) in [5, 5.41) is 16.3. The third kappa shape index (κ3) is 2.94. The zero-order valence-corrected chi connectivity index (χ0v) is 13.0. The summed E-state index contributed by atoms with van der Waals surface area (Å²) in [4.78, 5) is 50.2. The highest BCUT2D eigenvalue weighted by atomic mass is 16.6. The number of hydrogen-bond donors (Lipinski definition) is 2. The normalized spacial score (nSPS) is 15.2. The van der Waals surface area contributed by atoms with Gasteiger partial charge in [-0.15, -0.1) is 0 Å². The van der Waals surface area contributed by atoms with Gasteiger partial charge < -0.3 is 10.6 Å². The molecule has 2 amide bonds. The van der Waals surface area contributed by atoms with E-state index in [4.69, 9.17) is 0 Å². The molecule has 2 heterocycles. The van der Waals surface area contributed by atoms with Crippen molar-refractivity contribution in [2.75, 3.05) is 10.6 Å². The minimum atomic E-state index is -1.09. The van der Waals surface area contributed by atoms with E-state index in [0.717, 1.165) is 6.07 Å². The van der Waals surface area contributed by atoms with E-state index in [0.29, 0.717) is 0 Å². The van der Waals surface area contributed by atoms with Gasteiger partial charge in [-0.25, -0.2) is 0 Å². The van der Waals surface area contributed by atoms with Crippen LogP contribution in [0.3, 0.4) is 0 Å². The van der Waals surface area contributed by atoms with E-state index in [1.54, 1.807) is 6.07 Å². The van der Waals surface area contributed by atoms with Gasteiger partial charge >= 0.3 is 0 Å². The third-order valence-electron chi connectivity index (χ3n) is 3.77. The number of pyridine rings is 1. The number of carbonyl (C=O) groups is 3. The second-order valence-electron chi connectivity index (χ2n) is 5.44. The highest BCUT2D eigenvalue weighted by Gasteiger charge is 2.36. The second-order valence-corrected chi connectivity index (χ2v) is 5.44. The Labute approximate surface area is 141 Å². The predicted molar refractivity (Wildman–Crippen MR) is 87.3 cm³/mol. The van der Waals surface area contributed by atoms with Crippen LogP contribution >= 0.6 is 0 Å². The number of benzene rings is 1. The van der Waals surface area contributed by atoms with Gasteiger partial charge in [-0.3, -0.25) is 29.5 Å². The highest BCUT2D eigenvalue weighted by molar-refractivity contribution is 6.17. The zero-order chi connectivity index (χ0) is 18.1. The minimum absolute atomic E-state index is 0.0814. The fourth-order valence-corrected chi connectivity index (χ4v) is 2.64. The van der Waals surface area contributed by atoms with Crippen LogP contribution in [0.1, 0.15) is 28.8 Å². The van der Waals surface area contributed by atoms with E-state index in [1.807, 2.05) is 0 Å². The van der Waals surface area contributed by atoms with Crippen LogP contribution in [0.25, 0.3) is 0 Å². The van der Waals surface area contributed by atoms with Crippen molar-refractivity contribution in [3.8, 4) is 0 Å². The molecule has 1 aliphatic rings. The number of ketones is 1. The van der Waals surface area contributed by atoms with Crippen molar-refractivity contribution in [3.63, 3.8) is 0 Å². The fraction of sp³-hybridized carbons (Fsp3) is 0.125. The van der Waals surface area contributed by atoms with E-state index >= 15 is 0 Å². The number of rotatable bonds is 4. The van der Waals surface area contributed by atoms with Gasteiger partial charge in [-0.05, 0) is 25.1 Å². The predicted octanol–water partition coefficient (Wildman–Crippen LogP) is 1.87. The summed E-state index contributed by atoms with van der Waals surface area (Å²) in [6.45, 7) is 1.24. The molecule has 0 bridgehead atoms. The first kappa shape index (κ1) is 16.2. The maximum atomic E-state index is 12.2. The SMILES string of the molecule is CC(=O)C1C(=O)Nc2cc(NC(=O)c3cccnc3)c([N+](=O)[O-])cc21. The standard InChI is InChI=1S/C16H12N4O5/c1-8(21)14-10-5-13(20(24)25)12(6-11(10)18-16(14)23)19-15(22)9-3-2-4-17-7-9/h2-7,14H,1H3,(H,18,23)(H,19,22). The van der Waals surface area contributed by atoms with E-state index in [1.165, 1.54) is 31.5 Å². The summed E-state index contributed by atoms with van der Waals surface area (Å²) in [7, 11) is 0. The first-order valence-corrected chi connectivity index (χ1v) is 7.23. The van der Waals surface area contributed by atoms with Crippen LogP contribution in [0.5, 0.6) is 0 Å². The molecule has 1 aromatic carbocycles. The molecule has 0 spiro atoms. The van der Waals surface area contributed by atoms with Crippen LogP contribution in [0.15, 0.2) is 36.7 Å². The van der Waals surface area contributed by atoms with Crippen molar-refractivity contribution in [1.82, 2.24) is 4.98 Å². The molecule has 1 atom stereocenters. The number of nitro benzene ring substituents is 1. The Morgan fingerprint density at radius 2 is 2.12 bits per heavy atom. The van der Waals surface area contributed by atoms with Gasteiger partial charge in [0.2, 0.25) is 5.91 Å². The van der Waals surface area contributed by atoms with Crippen molar-refractivity contribution in [2.24, 2.45) is 0 Å². The van der Waals surface area contributed by atoms with Crippen LogP contribution in [0, 0.1) is 10.1 Å². The molecule has 1 aliphatic heterocycles. The van der Waals surface area contributed by atoms with Crippen molar-refractivity contribution >= 4 is 34.7 Å². The number of hydrogen-bond acceptors (Lipinski definition) is 6. The number of anilines is 2. The molecule has 3 rings (SSSR count). The first-order valence-electron chi connectivity index (χ1n) is 7.23. The molecular formula is C16H12N4O5. The van der Waals surface area contributed by atoms with Gasteiger partial charge in [-0.2, -0.15) is 0 Å². The number of Topliss-reactive ketones (excluding diaryl/α,β-unsaturated/α-hetero) is 1. The monoisotopic (exact) mass is 340 g/mol. The molecule has 0 saturated heterocycles. The summed E-state index contributed by atoms with van der Waals surface area (Å²) >= 11 is 0. The average Bonchev–Trinajstić information content (AvgIpc) is 2.89. The molecule has 2 aromatic rings. The number of nitrogens with zero attached hydrogens (tertiary/aromatic N) is 2. The van der Waals surface area contributed by atoms with Gasteiger partial charge in [0.1, 0.15) is 17.4 Å². The zero-order valence-electron chi connectivity index (χ0n) is 13.0. The molecule has 9 nitrogen and oxygen atoms in total.